The van der Waals surface area contributed by atoms with E-state index in [-0.39, 0.29) is 42.6 Å². The van der Waals surface area contributed by atoms with E-state index in [1.807, 2.05) is 13.8 Å². The number of hydrogen-bond acceptors (Lipinski definition) is 6. The Kier molecular flexibility index (Phi) is 7.14. The van der Waals surface area contributed by atoms with E-state index in [0.717, 1.165) is 0 Å². The summed E-state index contributed by atoms with van der Waals surface area (Å²) in [7, 11) is 1.48. The van der Waals surface area contributed by atoms with Crippen LogP contribution in [-0.4, -0.2) is 62.1 Å². The van der Waals surface area contributed by atoms with Crippen molar-refractivity contribution in [2.24, 2.45) is 11.8 Å². The third-order valence-corrected chi connectivity index (χ3v) is 5.45. The van der Waals surface area contributed by atoms with Crippen molar-refractivity contribution in [2.75, 3.05) is 38.3 Å². The van der Waals surface area contributed by atoms with Crippen LogP contribution in [0.4, 0.5) is 10.5 Å². The van der Waals surface area contributed by atoms with Crippen LogP contribution in [0.25, 0.3) is 0 Å². The normalized spacial score (nSPS) is 17.5. The monoisotopic (exact) mass is 431 g/mol. The van der Waals surface area contributed by atoms with E-state index in [9.17, 15) is 19.2 Å². The van der Waals surface area contributed by atoms with E-state index < -0.39 is 6.03 Å². The standard InChI is InChI=1S/C22H29N3O6/c1-14(2)13-31-21(28)15-6-9-24(10-7-15)20(27)16-4-5-18(30-3)17(12-16)25-11-8-19(26)23-22(25)29/h4-5,12,14-15H,6-11,13H2,1-3H3,(H,23,26,29). The van der Waals surface area contributed by atoms with Gasteiger partial charge in [-0.1, -0.05) is 13.8 Å². The number of imide groups is 1. The highest BCUT2D eigenvalue weighted by atomic mass is 16.5. The number of urea groups is 1. The number of likely N-dealkylation sites (tertiary alicyclic amines) is 1. The molecule has 0 aromatic heterocycles. The molecular formula is C22H29N3O6. The molecule has 0 saturated carbocycles. The van der Waals surface area contributed by atoms with Crippen molar-refractivity contribution in [3.05, 3.63) is 23.8 Å². The number of methoxy groups -OCH3 is 1. The van der Waals surface area contributed by atoms with E-state index in [1.165, 1.54) is 12.0 Å². The minimum absolute atomic E-state index is 0.174. The van der Waals surface area contributed by atoms with Gasteiger partial charge in [0.05, 0.1) is 25.3 Å². The number of carbonyl (C=O) groups is 4. The van der Waals surface area contributed by atoms with Crippen LogP contribution in [0.2, 0.25) is 0 Å². The van der Waals surface area contributed by atoms with Crippen molar-refractivity contribution in [1.82, 2.24) is 10.2 Å². The maximum atomic E-state index is 13.1. The Labute approximate surface area is 181 Å². The van der Waals surface area contributed by atoms with Crippen molar-refractivity contribution < 1.29 is 28.7 Å². The molecule has 3 rings (SSSR count). The lowest BCUT2D eigenvalue weighted by Gasteiger charge is -2.32. The van der Waals surface area contributed by atoms with Crippen LogP contribution in [-0.2, 0) is 14.3 Å². The summed E-state index contributed by atoms with van der Waals surface area (Å²) in [4.78, 5) is 52.0. The van der Waals surface area contributed by atoms with Crippen LogP contribution >= 0.6 is 0 Å². The van der Waals surface area contributed by atoms with Gasteiger partial charge >= 0.3 is 12.0 Å². The fourth-order valence-corrected chi connectivity index (χ4v) is 3.70. The lowest BCUT2D eigenvalue weighted by molar-refractivity contribution is -0.151. The summed E-state index contributed by atoms with van der Waals surface area (Å²) in [5, 5.41) is 2.28. The summed E-state index contributed by atoms with van der Waals surface area (Å²) in [5.41, 5.74) is 0.854. The molecule has 168 valence electrons. The first kappa shape index (κ1) is 22.6. The summed E-state index contributed by atoms with van der Waals surface area (Å²) in [5.74, 6) is -0.168. The van der Waals surface area contributed by atoms with Gasteiger partial charge in [-0.15, -0.1) is 0 Å². The summed E-state index contributed by atoms with van der Waals surface area (Å²) < 4.78 is 10.7. The smallest absolute Gasteiger partial charge is 0.328 e. The second-order valence-electron chi connectivity index (χ2n) is 8.23. The molecule has 1 aromatic carbocycles. The molecular weight excluding hydrogens is 402 g/mol. The Hall–Kier alpha value is -3.10. The molecule has 31 heavy (non-hydrogen) atoms. The second-order valence-corrected chi connectivity index (χ2v) is 8.23. The number of benzene rings is 1. The first-order chi connectivity index (χ1) is 14.8. The van der Waals surface area contributed by atoms with Crippen LogP contribution in [0.15, 0.2) is 18.2 Å². The number of esters is 1. The SMILES string of the molecule is COc1ccc(C(=O)N2CCC(C(=O)OCC(C)C)CC2)cc1N1CCC(=O)NC1=O. The number of carbonyl (C=O) groups excluding carboxylic acids is 4. The zero-order valence-electron chi connectivity index (χ0n) is 18.2. The fraction of sp³-hybridized carbons (Fsp3) is 0.545. The summed E-state index contributed by atoms with van der Waals surface area (Å²) in [6.07, 6.45) is 1.29. The topological polar surface area (TPSA) is 105 Å². The first-order valence-corrected chi connectivity index (χ1v) is 10.6. The van der Waals surface area contributed by atoms with Crippen molar-refractivity contribution >= 4 is 29.5 Å². The Balaban J connectivity index is 1.68. The molecule has 9 heteroatoms. The zero-order chi connectivity index (χ0) is 22.5. The molecule has 0 atom stereocenters. The number of rotatable bonds is 6. The van der Waals surface area contributed by atoms with Crippen molar-refractivity contribution in [3.63, 3.8) is 0 Å². The molecule has 9 nitrogen and oxygen atoms in total. The van der Waals surface area contributed by atoms with Crippen LogP contribution in [0.3, 0.4) is 0 Å². The second kappa shape index (κ2) is 9.80. The minimum atomic E-state index is -0.542. The molecule has 0 spiro atoms. The van der Waals surface area contributed by atoms with E-state index >= 15 is 0 Å². The third-order valence-electron chi connectivity index (χ3n) is 5.45. The quantitative estimate of drug-likeness (QED) is 0.693. The van der Waals surface area contributed by atoms with E-state index in [1.54, 1.807) is 23.1 Å². The molecule has 0 aliphatic carbocycles. The molecule has 2 fully saturated rings. The highest BCUT2D eigenvalue weighted by Gasteiger charge is 2.31. The van der Waals surface area contributed by atoms with Crippen molar-refractivity contribution in [1.29, 1.82) is 0 Å². The van der Waals surface area contributed by atoms with Gasteiger partial charge in [0, 0.05) is 31.6 Å². The van der Waals surface area contributed by atoms with Gasteiger partial charge in [0.2, 0.25) is 5.91 Å². The number of nitrogens with one attached hydrogen (secondary N) is 1. The van der Waals surface area contributed by atoms with Crippen LogP contribution in [0, 0.1) is 11.8 Å². The van der Waals surface area contributed by atoms with Gasteiger partial charge < -0.3 is 14.4 Å². The Bertz CT molecular complexity index is 861. The number of ether oxygens (including phenoxy) is 2. The number of anilines is 1. The summed E-state index contributed by atoms with van der Waals surface area (Å²) in [6, 6.07) is 4.36. The summed E-state index contributed by atoms with van der Waals surface area (Å²) >= 11 is 0. The average Bonchev–Trinajstić information content (AvgIpc) is 2.76. The number of nitrogens with zero attached hydrogens (tertiary/aromatic N) is 2. The molecule has 0 bridgehead atoms. The van der Waals surface area contributed by atoms with Crippen molar-refractivity contribution in [2.45, 2.75) is 33.1 Å². The molecule has 1 aromatic rings. The van der Waals surface area contributed by atoms with Gasteiger partial charge in [-0.3, -0.25) is 24.6 Å². The van der Waals surface area contributed by atoms with E-state index in [0.29, 0.717) is 49.5 Å². The van der Waals surface area contributed by atoms with Gasteiger partial charge in [-0.25, -0.2) is 4.79 Å². The summed E-state index contributed by atoms with van der Waals surface area (Å²) in [6.45, 7) is 5.51. The number of amides is 4. The first-order valence-electron chi connectivity index (χ1n) is 10.6. The molecule has 1 N–H and O–H groups in total. The Morgan fingerprint density at radius 2 is 1.87 bits per heavy atom. The largest absolute Gasteiger partial charge is 0.495 e. The third kappa shape index (κ3) is 5.34. The van der Waals surface area contributed by atoms with E-state index in [2.05, 4.69) is 5.32 Å². The van der Waals surface area contributed by atoms with Crippen LogP contribution < -0.4 is 15.0 Å². The Morgan fingerprint density at radius 3 is 2.48 bits per heavy atom. The van der Waals surface area contributed by atoms with Crippen molar-refractivity contribution in [3.8, 4) is 5.75 Å². The molecule has 4 amide bonds. The minimum Gasteiger partial charge on any atom is -0.495 e. The maximum absolute atomic E-state index is 13.1. The van der Waals surface area contributed by atoms with Gasteiger partial charge in [0.15, 0.2) is 0 Å². The lowest BCUT2D eigenvalue weighted by Crippen LogP contribution is -2.49. The highest BCUT2D eigenvalue weighted by molar-refractivity contribution is 6.07. The number of piperidine rings is 1. The van der Waals surface area contributed by atoms with Crippen LogP contribution in [0.1, 0.15) is 43.5 Å². The zero-order valence-corrected chi connectivity index (χ0v) is 18.2. The predicted octanol–water partition coefficient (Wildman–Crippen LogP) is 2.19. The van der Waals surface area contributed by atoms with Gasteiger partial charge in [-0.2, -0.15) is 0 Å². The Morgan fingerprint density at radius 1 is 1.16 bits per heavy atom. The molecule has 2 saturated heterocycles. The highest BCUT2D eigenvalue weighted by Crippen LogP contribution is 2.31. The fourth-order valence-electron chi connectivity index (χ4n) is 3.70. The average molecular weight is 431 g/mol. The van der Waals surface area contributed by atoms with Gasteiger partial charge in [0.1, 0.15) is 5.75 Å². The molecule has 0 unspecified atom stereocenters. The van der Waals surface area contributed by atoms with E-state index in [4.69, 9.17) is 9.47 Å². The van der Waals surface area contributed by atoms with Gasteiger partial charge in [0.25, 0.3) is 5.91 Å². The predicted molar refractivity (Wildman–Crippen MR) is 113 cm³/mol. The molecule has 2 aliphatic heterocycles. The number of hydrogen-bond donors (Lipinski definition) is 1. The lowest BCUT2D eigenvalue weighted by atomic mass is 9.96. The van der Waals surface area contributed by atoms with Crippen LogP contribution in [0.5, 0.6) is 5.75 Å². The molecule has 2 aliphatic rings. The van der Waals surface area contributed by atoms with Gasteiger partial charge in [-0.05, 0) is 37.0 Å². The molecule has 2 heterocycles. The molecule has 0 radical (unpaired) electrons. The maximum Gasteiger partial charge on any atom is 0.328 e.